The first kappa shape index (κ1) is 15.8. The van der Waals surface area contributed by atoms with Gasteiger partial charge in [-0.1, -0.05) is 20.8 Å². The van der Waals surface area contributed by atoms with E-state index in [-0.39, 0.29) is 16.3 Å². The molecule has 0 unspecified atom stereocenters. The smallest absolute Gasteiger partial charge is 0.260 e. The van der Waals surface area contributed by atoms with Gasteiger partial charge in [-0.25, -0.2) is 8.42 Å². The third-order valence-electron chi connectivity index (χ3n) is 4.10. The van der Waals surface area contributed by atoms with Crippen molar-refractivity contribution in [2.24, 2.45) is 11.3 Å². The van der Waals surface area contributed by atoms with E-state index in [0.717, 1.165) is 12.8 Å². The van der Waals surface area contributed by atoms with Crippen molar-refractivity contribution >= 4 is 21.6 Å². The van der Waals surface area contributed by atoms with Gasteiger partial charge in [0, 0.05) is 18.7 Å². The van der Waals surface area contributed by atoms with Crippen LogP contribution in [0.3, 0.4) is 0 Å². The number of hydrogen-bond acceptors (Lipinski definition) is 3. The maximum atomic E-state index is 12.6. The van der Waals surface area contributed by atoms with Crippen LogP contribution in [0.2, 0.25) is 0 Å². The van der Waals surface area contributed by atoms with E-state index < -0.39 is 10.0 Å². The van der Waals surface area contributed by atoms with Gasteiger partial charge in [-0.15, -0.1) is 11.6 Å². The molecule has 1 aliphatic rings. The van der Waals surface area contributed by atoms with Crippen molar-refractivity contribution in [3.05, 3.63) is 11.8 Å². The SMILES string of the molecule is CC(C)(C)C1CCN(S(=O)(=O)c2[nH]ncc2CCl)CC1. The summed E-state index contributed by atoms with van der Waals surface area (Å²) in [4.78, 5) is 0. The van der Waals surface area contributed by atoms with Gasteiger partial charge in [0.1, 0.15) is 0 Å². The molecule has 0 amide bonds. The molecule has 2 heterocycles. The average molecular weight is 320 g/mol. The number of sulfonamides is 1. The lowest BCUT2D eigenvalue weighted by Gasteiger charge is -2.38. The van der Waals surface area contributed by atoms with E-state index in [1.54, 1.807) is 4.31 Å². The molecular formula is C13H22ClN3O2S. The lowest BCUT2D eigenvalue weighted by Crippen LogP contribution is -2.41. The number of nitrogens with zero attached hydrogens (tertiary/aromatic N) is 2. The van der Waals surface area contributed by atoms with Gasteiger partial charge in [-0.05, 0) is 24.2 Å². The number of nitrogens with one attached hydrogen (secondary N) is 1. The molecule has 0 spiro atoms. The normalized spacial score (nSPS) is 19.4. The van der Waals surface area contributed by atoms with Gasteiger partial charge in [0.15, 0.2) is 5.03 Å². The minimum absolute atomic E-state index is 0.140. The molecule has 1 aromatic heterocycles. The maximum Gasteiger partial charge on any atom is 0.260 e. The van der Waals surface area contributed by atoms with Crippen molar-refractivity contribution in [1.82, 2.24) is 14.5 Å². The van der Waals surface area contributed by atoms with Crippen LogP contribution in [0.15, 0.2) is 11.2 Å². The van der Waals surface area contributed by atoms with Crippen molar-refractivity contribution < 1.29 is 8.42 Å². The molecule has 5 nitrogen and oxygen atoms in total. The molecule has 0 aliphatic carbocycles. The summed E-state index contributed by atoms with van der Waals surface area (Å²) in [6.45, 7) is 7.75. The largest absolute Gasteiger partial charge is 0.266 e. The third kappa shape index (κ3) is 3.02. The van der Waals surface area contributed by atoms with E-state index >= 15 is 0 Å². The first-order valence-corrected chi connectivity index (χ1v) is 8.82. The van der Waals surface area contributed by atoms with Crippen LogP contribution in [0.5, 0.6) is 0 Å². The molecule has 0 bridgehead atoms. The number of aromatic nitrogens is 2. The molecule has 7 heteroatoms. The summed E-state index contributed by atoms with van der Waals surface area (Å²) in [5.41, 5.74) is 0.759. The van der Waals surface area contributed by atoms with E-state index in [1.165, 1.54) is 6.20 Å². The Kier molecular flexibility index (Phi) is 4.47. The van der Waals surface area contributed by atoms with Crippen LogP contribution in [0, 0.1) is 11.3 Å². The highest BCUT2D eigenvalue weighted by Gasteiger charge is 2.35. The third-order valence-corrected chi connectivity index (χ3v) is 6.30. The minimum Gasteiger partial charge on any atom is -0.266 e. The number of H-pyrrole nitrogens is 1. The number of aromatic amines is 1. The summed E-state index contributed by atoms with van der Waals surface area (Å²) in [6, 6.07) is 0. The highest BCUT2D eigenvalue weighted by atomic mass is 35.5. The zero-order chi connectivity index (χ0) is 15.0. The van der Waals surface area contributed by atoms with Crippen LogP contribution in [-0.2, 0) is 15.9 Å². The highest BCUT2D eigenvalue weighted by Crippen LogP contribution is 2.35. The molecule has 2 rings (SSSR count). The lowest BCUT2D eigenvalue weighted by atomic mass is 9.76. The van der Waals surface area contributed by atoms with E-state index in [4.69, 9.17) is 11.6 Å². The Morgan fingerprint density at radius 3 is 2.50 bits per heavy atom. The topological polar surface area (TPSA) is 66.1 Å². The fourth-order valence-corrected chi connectivity index (χ4v) is 4.56. The molecule has 1 aromatic rings. The van der Waals surface area contributed by atoms with E-state index in [2.05, 4.69) is 31.0 Å². The van der Waals surface area contributed by atoms with Crippen LogP contribution >= 0.6 is 11.6 Å². The Morgan fingerprint density at radius 1 is 1.40 bits per heavy atom. The summed E-state index contributed by atoms with van der Waals surface area (Å²) < 4.78 is 26.7. The van der Waals surface area contributed by atoms with Gasteiger partial charge in [0.05, 0.1) is 12.1 Å². The molecule has 0 radical (unpaired) electrons. The summed E-state index contributed by atoms with van der Waals surface area (Å²) in [5.74, 6) is 0.701. The predicted octanol–water partition coefficient (Wildman–Crippen LogP) is 2.60. The second kappa shape index (κ2) is 5.66. The van der Waals surface area contributed by atoms with Crippen molar-refractivity contribution in [2.45, 2.75) is 44.5 Å². The molecule has 0 saturated carbocycles. The number of halogens is 1. The highest BCUT2D eigenvalue weighted by molar-refractivity contribution is 7.89. The summed E-state index contributed by atoms with van der Waals surface area (Å²) in [7, 11) is -3.50. The molecule has 1 aliphatic heterocycles. The van der Waals surface area contributed by atoms with Gasteiger partial charge in [0.2, 0.25) is 0 Å². The Balaban J connectivity index is 2.14. The Morgan fingerprint density at radius 2 is 2.00 bits per heavy atom. The number of alkyl halides is 1. The van der Waals surface area contributed by atoms with Gasteiger partial charge in [0.25, 0.3) is 10.0 Å². The minimum atomic E-state index is -3.50. The van der Waals surface area contributed by atoms with Crippen molar-refractivity contribution in [2.75, 3.05) is 13.1 Å². The monoisotopic (exact) mass is 319 g/mol. The fraction of sp³-hybridized carbons (Fsp3) is 0.769. The van der Waals surface area contributed by atoms with Crippen LogP contribution in [-0.4, -0.2) is 36.0 Å². The first-order valence-electron chi connectivity index (χ1n) is 6.85. The Hall–Kier alpha value is -0.590. The summed E-state index contributed by atoms with van der Waals surface area (Å²) >= 11 is 5.76. The van der Waals surface area contributed by atoms with Crippen molar-refractivity contribution in [3.63, 3.8) is 0 Å². The number of hydrogen-bond donors (Lipinski definition) is 1. The lowest BCUT2D eigenvalue weighted by molar-refractivity contribution is 0.154. The second-order valence-corrected chi connectivity index (χ2v) is 8.54. The van der Waals surface area contributed by atoms with Crippen LogP contribution in [0.1, 0.15) is 39.2 Å². The van der Waals surface area contributed by atoms with Gasteiger partial charge >= 0.3 is 0 Å². The van der Waals surface area contributed by atoms with Gasteiger partial charge in [-0.2, -0.15) is 9.40 Å². The van der Waals surface area contributed by atoms with Crippen LogP contribution in [0.25, 0.3) is 0 Å². The molecule has 114 valence electrons. The number of piperidine rings is 1. The molecule has 1 saturated heterocycles. The second-order valence-electron chi connectivity index (χ2n) is 6.40. The Bertz CT molecular complexity index is 554. The van der Waals surface area contributed by atoms with Crippen molar-refractivity contribution in [3.8, 4) is 0 Å². The zero-order valence-electron chi connectivity index (χ0n) is 12.2. The standard InChI is InChI=1S/C13H22ClN3O2S/c1-13(2,3)11-4-6-17(7-5-11)20(18,19)12-10(8-14)9-15-16-12/h9,11H,4-8H2,1-3H3,(H,15,16). The molecule has 1 N–H and O–H groups in total. The van der Waals surface area contributed by atoms with E-state index in [0.29, 0.717) is 24.6 Å². The van der Waals surface area contributed by atoms with Gasteiger partial charge in [-0.3, -0.25) is 5.10 Å². The summed E-state index contributed by atoms with van der Waals surface area (Å²) in [6.07, 6.45) is 3.27. The maximum absolute atomic E-state index is 12.6. The average Bonchev–Trinajstić information content (AvgIpc) is 2.87. The first-order chi connectivity index (χ1) is 9.26. The molecule has 20 heavy (non-hydrogen) atoms. The molecule has 0 aromatic carbocycles. The van der Waals surface area contributed by atoms with E-state index in [9.17, 15) is 8.42 Å². The van der Waals surface area contributed by atoms with Crippen molar-refractivity contribution in [1.29, 1.82) is 0 Å². The zero-order valence-corrected chi connectivity index (χ0v) is 13.8. The number of rotatable bonds is 3. The van der Waals surface area contributed by atoms with Gasteiger partial charge < -0.3 is 0 Å². The fourth-order valence-electron chi connectivity index (χ4n) is 2.71. The Labute approximate surface area is 125 Å². The summed E-state index contributed by atoms with van der Waals surface area (Å²) in [5, 5.41) is 6.51. The quantitative estimate of drug-likeness (QED) is 0.871. The molecule has 0 atom stereocenters. The van der Waals surface area contributed by atoms with E-state index in [1.807, 2.05) is 0 Å². The van der Waals surface area contributed by atoms with Crippen LogP contribution in [0.4, 0.5) is 0 Å². The molecule has 1 fully saturated rings. The predicted molar refractivity (Wildman–Crippen MR) is 79.1 cm³/mol. The molecular weight excluding hydrogens is 298 g/mol. The van der Waals surface area contributed by atoms with Crippen LogP contribution < -0.4 is 0 Å².